The third-order valence-corrected chi connectivity index (χ3v) is 10.4. The maximum absolute atomic E-state index is 17.6. The molecule has 10 nitrogen and oxygen atoms in total. The van der Waals surface area contributed by atoms with E-state index in [1.54, 1.807) is 29.0 Å². The molecule has 2 amide bonds. The number of hydrogen-bond acceptors (Lipinski definition) is 7. The van der Waals surface area contributed by atoms with Gasteiger partial charge in [-0.15, -0.1) is 0 Å². The number of pyridine rings is 2. The van der Waals surface area contributed by atoms with Gasteiger partial charge in [-0.25, -0.2) is 8.78 Å². The van der Waals surface area contributed by atoms with Crippen LogP contribution in [0.3, 0.4) is 0 Å². The lowest BCUT2D eigenvalue weighted by molar-refractivity contribution is -0.131. The largest absolute Gasteiger partial charge is 0.507 e. The first-order valence-corrected chi connectivity index (χ1v) is 16.9. The van der Waals surface area contributed by atoms with Crippen LogP contribution in [-0.4, -0.2) is 87.6 Å². The molecule has 5 heterocycles. The number of anilines is 2. The number of likely N-dealkylation sites (N-methyl/N-ethyl adjacent to an activating group) is 1. The maximum atomic E-state index is 17.6. The SMILES string of the molecule is C=CC(=O)N1CC2C(=O)N(C3CN(C)C3)c3c(c4cc(Cl)c(-c5c(O)cccc5F)c(F)c4n(-c4c(C)ccnc4C(C)C)c3=O)N2CC1C. The van der Waals surface area contributed by atoms with Crippen LogP contribution >= 0.6 is 11.6 Å². The molecule has 13 heteroatoms. The van der Waals surface area contributed by atoms with Gasteiger partial charge in [0.1, 0.15) is 23.3 Å². The normalized spacial score (nSPS) is 19.5. The Morgan fingerprint density at radius 2 is 1.80 bits per heavy atom. The standard InChI is InChI=1S/C37H37ClF2N6O4/c1-7-27(48)43-17-25-36(49)45(21-15-42(6)16-21)35-34(44(25)14-20(43)5)22-13-23(38)28(29-24(39)9-8-10-26(29)47)30(40)33(22)46(37(35)50)32-19(4)11-12-41-31(32)18(2)3/h7-13,18,20-21,25,47H,1,14-17H2,2-6H3. The number of likely N-dealkylation sites (tertiary alicyclic amines) is 1. The van der Waals surface area contributed by atoms with E-state index < -0.39 is 46.2 Å². The third-order valence-electron chi connectivity index (χ3n) is 10.1. The fraction of sp³-hybridized carbons (Fsp3) is 0.351. The minimum atomic E-state index is -1.03. The van der Waals surface area contributed by atoms with E-state index >= 15 is 13.6 Å². The van der Waals surface area contributed by atoms with Crippen molar-refractivity contribution < 1.29 is 23.5 Å². The molecular weight excluding hydrogens is 666 g/mol. The minimum absolute atomic E-state index is 0.0184. The quantitative estimate of drug-likeness (QED) is 0.279. The van der Waals surface area contributed by atoms with Crippen molar-refractivity contribution in [1.29, 1.82) is 0 Å². The number of phenolic OH excluding ortho intramolecular Hbond substituents is 1. The van der Waals surface area contributed by atoms with E-state index in [9.17, 15) is 14.7 Å². The van der Waals surface area contributed by atoms with E-state index in [-0.39, 0.29) is 58.5 Å². The van der Waals surface area contributed by atoms with Gasteiger partial charge in [0.15, 0.2) is 5.82 Å². The summed E-state index contributed by atoms with van der Waals surface area (Å²) in [6.07, 6.45) is 2.82. The molecule has 2 aromatic heterocycles. The summed E-state index contributed by atoms with van der Waals surface area (Å²) < 4.78 is 34.2. The number of carbonyl (C=O) groups excluding carboxylic acids is 2. The predicted octanol–water partition coefficient (Wildman–Crippen LogP) is 5.37. The first kappa shape index (κ1) is 33.7. The van der Waals surface area contributed by atoms with E-state index in [0.717, 1.165) is 6.07 Å². The molecule has 0 aliphatic carbocycles. The number of rotatable bonds is 5. The Morgan fingerprint density at radius 1 is 1.08 bits per heavy atom. The van der Waals surface area contributed by atoms with Crippen LogP contribution in [-0.2, 0) is 9.59 Å². The summed E-state index contributed by atoms with van der Waals surface area (Å²) in [5.41, 5.74) is 0.122. The van der Waals surface area contributed by atoms with Crippen LogP contribution in [0.25, 0.3) is 27.7 Å². The van der Waals surface area contributed by atoms with E-state index in [1.807, 2.05) is 32.7 Å². The van der Waals surface area contributed by atoms with Gasteiger partial charge in [-0.2, -0.15) is 0 Å². The number of fused-ring (bicyclic) bond motifs is 5. The van der Waals surface area contributed by atoms with Crippen molar-refractivity contribution in [2.45, 2.75) is 51.7 Å². The number of nitrogens with zero attached hydrogens (tertiary/aromatic N) is 6. The lowest BCUT2D eigenvalue weighted by atomic mass is 9.93. The second-order valence-corrected chi connectivity index (χ2v) is 14.1. The molecule has 0 saturated carbocycles. The molecule has 2 atom stereocenters. The van der Waals surface area contributed by atoms with E-state index in [2.05, 4.69) is 11.6 Å². The highest BCUT2D eigenvalue weighted by Crippen LogP contribution is 2.48. The summed E-state index contributed by atoms with van der Waals surface area (Å²) in [5.74, 6) is -3.34. The van der Waals surface area contributed by atoms with Crippen LogP contribution in [0.15, 0.2) is 54.0 Å². The molecule has 260 valence electrons. The van der Waals surface area contributed by atoms with Gasteiger partial charge in [0.25, 0.3) is 11.5 Å². The first-order valence-electron chi connectivity index (χ1n) is 16.5. The molecule has 4 aromatic rings. The highest BCUT2D eigenvalue weighted by atomic mass is 35.5. The number of aromatic nitrogens is 2. The molecule has 2 saturated heterocycles. The van der Waals surface area contributed by atoms with Gasteiger partial charge >= 0.3 is 0 Å². The van der Waals surface area contributed by atoms with Gasteiger partial charge in [-0.3, -0.25) is 28.8 Å². The average Bonchev–Trinajstić information content (AvgIpc) is 3.05. The van der Waals surface area contributed by atoms with Crippen molar-refractivity contribution in [2.24, 2.45) is 0 Å². The van der Waals surface area contributed by atoms with Gasteiger partial charge in [0.05, 0.1) is 45.8 Å². The fourth-order valence-electron chi connectivity index (χ4n) is 7.76. The molecule has 3 aliphatic heterocycles. The second kappa shape index (κ2) is 12.2. The number of carbonyl (C=O) groups is 2. The number of halogens is 3. The third kappa shape index (κ3) is 4.91. The van der Waals surface area contributed by atoms with Crippen molar-refractivity contribution in [3.05, 3.63) is 87.5 Å². The van der Waals surface area contributed by atoms with E-state index in [4.69, 9.17) is 11.6 Å². The second-order valence-electron chi connectivity index (χ2n) is 13.7. The molecule has 3 aliphatic rings. The van der Waals surface area contributed by atoms with Gasteiger partial charge in [-0.05, 0) is 62.7 Å². The highest BCUT2D eigenvalue weighted by Gasteiger charge is 2.50. The lowest BCUT2D eigenvalue weighted by Gasteiger charge is -2.53. The number of piperazine rings is 1. The Hall–Kier alpha value is -4.81. The zero-order valence-electron chi connectivity index (χ0n) is 28.4. The zero-order chi connectivity index (χ0) is 35.9. The first-order chi connectivity index (χ1) is 23.8. The van der Waals surface area contributed by atoms with E-state index in [1.165, 1.54) is 33.7 Å². The van der Waals surface area contributed by atoms with Crippen molar-refractivity contribution in [3.8, 4) is 22.6 Å². The fourth-order valence-corrected chi connectivity index (χ4v) is 8.05. The number of aromatic hydroxyl groups is 1. The molecule has 0 bridgehead atoms. The molecule has 50 heavy (non-hydrogen) atoms. The summed E-state index contributed by atoms with van der Waals surface area (Å²) in [7, 11) is 1.91. The Bertz CT molecular complexity index is 2160. The van der Waals surface area contributed by atoms with Crippen LogP contribution in [0.1, 0.15) is 37.9 Å². The summed E-state index contributed by atoms with van der Waals surface area (Å²) in [6, 6.07) is 5.14. The molecule has 2 fully saturated rings. The monoisotopic (exact) mass is 702 g/mol. The minimum Gasteiger partial charge on any atom is -0.507 e. The predicted molar refractivity (Wildman–Crippen MR) is 189 cm³/mol. The Kier molecular flexibility index (Phi) is 8.22. The van der Waals surface area contributed by atoms with Crippen molar-refractivity contribution in [3.63, 3.8) is 0 Å². The lowest BCUT2D eigenvalue weighted by Crippen LogP contribution is -2.71. The van der Waals surface area contributed by atoms with Crippen LogP contribution < -0.4 is 15.4 Å². The van der Waals surface area contributed by atoms with Crippen LogP contribution in [0.4, 0.5) is 20.2 Å². The number of benzene rings is 2. The molecular formula is C37H37ClF2N6O4. The molecule has 1 N–H and O–H groups in total. The summed E-state index contributed by atoms with van der Waals surface area (Å²) >= 11 is 6.87. The molecule has 0 spiro atoms. The molecule has 7 rings (SSSR count). The van der Waals surface area contributed by atoms with Gasteiger partial charge in [-0.1, -0.05) is 38.1 Å². The Balaban J connectivity index is 1.66. The highest BCUT2D eigenvalue weighted by molar-refractivity contribution is 6.35. The summed E-state index contributed by atoms with van der Waals surface area (Å²) in [6.45, 7) is 12.2. The summed E-state index contributed by atoms with van der Waals surface area (Å²) in [4.78, 5) is 54.4. The number of amides is 2. The average molecular weight is 703 g/mol. The molecule has 0 radical (unpaired) electrons. The zero-order valence-corrected chi connectivity index (χ0v) is 29.1. The Morgan fingerprint density at radius 3 is 2.44 bits per heavy atom. The topological polar surface area (TPSA) is 102 Å². The van der Waals surface area contributed by atoms with Crippen LogP contribution in [0.2, 0.25) is 5.02 Å². The number of phenols is 1. The van der Waals surface area contributed by atoms with Crippen molar-refractivity contribution in [1.82, 2.24) is 19.4 Å². The molecule has 2 aromatic carbocycles. The maximum Gasteiger partial charge on any atom is 0.281 e. The number of aryl methyl sites for hydroxylation is 1. The van der Waals surface area contributed by atoms with Gasteiger partial charge < -0.3 is 19.8 Å². The van der Waals surface area contributed by atoms with Crippen molar-refractivity contribution in [2.75, 3.05) is 43.0 Å². The summed E-state index contributed by atoms with van der Waals surface area (Å²) in [5, 5.41) is 10.8. The van der Waals surface area contributed by atoms with Crippen molar-refractivity contribution >= 4 is 45.7 Å². The van der Waals surface area contributed by atoms with Crippen LogP contribution in [0.5, 0.6) is 5.75 Å². The Labute approximate surface area is 292 Å². The van der Waals surface area contributed by atoms with E-state index in [0.29, 0.717) is 35.7 Å². The smallest absolute Gasteiger partial charge is 0.281 e. The molecule has 2 unspecified atom stereocenters. The van der Waals surface area contributed by atoms with Gasteiger partial charge in [0.2, 0.25) is 5.91 Å². The van der Waals surface area contributed by atoms with Gasteiger partial charge in [0, 0.05) is 42.8 Å². The number of hydrogen-bond donors (Lipinski definition) is 1. The van der Waals surface area contributed by atoms with Crippen LogP contribution in [0, 0.1) is 18.6 Å².